The maximum absolute atomic E-state index is 13.1. The van der Waals surface area contributed by atoms with Crippen LogP contribution in [0.2, 0.25) is 0 Å². The van der Waals surface area contributed by atoms with E-state index in [-0.39, 0.29) is 10.8 Å². The molecule has 3 rings (SSSR count). The van der Waals surface area contributed by atoms with Crippen LogP contribution in [0.4, 0.5) is 5.69 Å². The van der Waals surface area contributed by atoms with E-state index in [1.54, 1.807) is 16.6 Å². The third-order valence-corrected chi connectivity index (χ3v) is 7.13. The van der Waals surface area contributed by atoms with E-state index in [4.69, 9.17) is 0 Å². The Kier molecular flexibility index (Phi) is 6.26. The molecular formula is C19H31N5O3S. The summed E-state index contributed by atoms with van der Waals surface area (Å²) in [7, 11) is -3.57. The van der Waals surface area contributed by atoms with Gasteiger partial charge in [0.1, 0.15) is 4.90 Å². The Bertz CT molecular complexity index is 792. The maximum Gasteiger partial charge on any atom is 0.246 e. The van der Waals surface area contributed by atoms with Crippen LogP contribution in [0.5, 0.6) is 0 Å². The fourth-order valence-corrected chi connectivity index (χ4v) is 5.19. The average Bonchev–Trinajstić information content (AvgIpc) is 2.68. The molecule has 0 atom stereocenters. The van der Waals surface area contributed by atoms with Crippen molar-refractivity contribution < 1.29 is 13.2 Å². The number of rotatable bonds is 4. The molecule has 0 bridgehead atoms. The Morgan fingerprint density at radius 1 is 1.04 bits per heavy atom. The van der Waals surface area contributed by atoms with E-state index in [0.717, 1.165) is 19.3 Å². The van der Waals surface area contributed by atoms with Crippen molar-refractivity contribution in [3.05, 3.63) is 18.5 Å². The highest BCUT2D eigenvalue weighted by Gasteiger charge is 2.31. The van der Waals surface area contributed by atoms with Crippen LogP contribution in [0.15, 0.2) is 23.4 Å². The molecule has 1 aromatic heterocycles. The molecule has 156 valence electrons. The zero-order chi connectivity index (χ0) is 20.4. The van der Waals surface area contributed by atoms with Crippen molar-refractivity contribution in [2.45, 2.75) is 44.9 Å². The topological polar surface area (TPSA) is 85.9 Å². The molecule has 0 radical (unpaired) electrons. The minimum absolute atomic E-state index is 0.143. The third kappa shape index (κ3) is 4.64. The summed E-state index contributed by atoms with van der Waals surface area (Å²) in [5.74, 6) is 0.143. The molecule has 3 heterocycles. The molecule has 1 N–H and O–H groups in total. The molecule has 9 heteroatoms. The number of amides is 1. The molecule has 2 saturated heterocycles. The van der Waals surface area contributed by atoms with Gasteiger partial charge in [-0.2, -0.15) is 4.31 Å². The lowest BCUT2D eigenvalue weighted by molar-refractivity contribution is -0.141. The van der Waals surface area contributed by atoms with Crippen LogP contribution in [0.25, 0.3) is 0 Å². The lowest BCUT2D eigenvalue weighted by atomic mass is 9.94. The second-order valence-corrected chi connectivity index (χ2v) is 10.4. The summed E-state index contributed by atoms with van der Waals surface area (Å²) in [6, 6.07) is 1.70. The standard InChI is InChI=1S/C19H31N5O3S/c1-19(2,3)18(25)22-11-13-23(14-12-22)21-16-7-8-20-15-17(16)28(26,27)24-9-5-4-6-10-24/h7-8,15H,4-6,9-14H2,1-3H3,(H,20,21). The first-order valence-electron chi connectivity index (χ1n) is 9.95. The van der Waals surface area contributed by atoms with E-state index in [2.05, 4.69) is 10.4 Å². The van der Waals surface area contributed by atoms with Crippen LogP contribution < -0.4 is 5.43 Å². The predicted molar refractivity (Wildman–Crippen MR) is 108 cm³/mol. The SMILES string of the molecule is CC(C)(C)C(=O)N1CCN(Nc2ccncc2S(=O)(=O)N2CCCCC2)CC1. The lowest BCUT2D eigenvalue weighted by Gasteiger charge is -2.38. The highest BCUT2D eigenvalue weighted by molar-refractivity contribution is 7.89. The Labute approximate surface area is 167 Å². The van der Waals surface area contributed by atoms with E-state index in [1.165, 1.54) is 6.20 Å². The number of hydrogen-bond donors (Lipinski definition) is 1. The number of pyridine rings is 1. The van der Waals surface area contributed by atoms with Gasteiger partial charge in [-0.15, -0.1) is 0 Å². The van der Waals surface area contributed by atoms with Gasteiger partial charge >= 0.3 is 0 Å². The number of piperazine rings is 1. The molecule has 1 aromatic rings. The number of nitrogens with zero attached hydrogens (tertiary/aromatic N) is 4. The van der Waals surface area contributed by atoms with E-state index in [9.17, 15) is 13.2 Å². The van der Waals surface area contributed by atoms with Gasteiger partial charge in [-0.3, -0.25) is 9.78 Å². The van der Waals surface area contributed by atoms with Crippen molar-refractivity contribution in [2.75, 3.05) is 44.7 Å². The molecule has 0 aliphatic carbocycles. The highest BCUT2D eigenvalue weighted by atomic mass is 32.2. The summed E-state index contributed by atoms with van der Waals surface area (Å²) in [6.07, 6.45) is 5.88. The molecule has 2 fully saturated rings. The zero-order valence-corrected chi connectivity index (χ0v) is 17.8. The molecule has 0 saturated carbocycles. The molecule has 8 nitrogen and oxygen atoms in total. The largest absolute Gasteiger partial charge is 0.340 e. The fraction of sp³-hybridized carbons (Fsp3) is 0.684. The second-order valence-electron chi connectivity index (χ2n) is 8.48. The van der Waals surface area contributed by atoms with Crippen LogP contribution >= 0.6 is 0 Å². The van der Waals surface area contributed by atoms with Crippen molar-refractivity contribution in [2.24, 2.45) is 5.41 Å². The van der Waals surface area contributed by atoms with Crippen molar-refractivity contribution in [1.82, 2.24) is 19.2 Å². The smallest absolute Gasteiger partial charge is 0.246 e. The van der Waals surface area contributed by atoms with Crippen molar-refractivity contribution in [1.29, 1.82) is 0 Å². The number of piperidine rings is 1. The minimum atomic E-state index is -3.57. The van der Waals surface area contributed by atoms with E-state index in [0.29, 0.717) is 45.0 Å². The zero-order valence-electron chi connectivity index (χ0n) is 17.0. The van der Waals surface area contributed by atoms with Gasteiger partial charge in [-0.25, -0.2) is 13.4 Å². The van der Waals surface area contributed by atoms with Crippen LogP contribution in [-0.2, 0) is 14.8 Å². The first-order chi connectivity index (χ1) is 13.2. The quantitative estimate of drug-likeness (QED) is 0.816. The van der Waals surface area contributed by atoms with Gasteiger partial charge in [-0.05, 0) is 18.9 Å². The van der Waals surface area contributed by atoms with Crippen molar-refractivity contribution in [3.8, 4) is 0 Å². The lowest BCUT2D eigenvalue weighted by Crippen LogP contribution is -2.53. The normalized spacial score (nSPS) is 20.2. The summed E-state index contributed by atoms with van der Waals surface area (Å²) < 4.78 is 27.7. The number of hydrogen-bond acceptors (Lipinski definition) is 6. The Hall–Kier alpha value is -1.71. The highest BCUT2D eigenvalue weighted by Crippen LogP contribution is 2.27. The molecular weight excluding hydrogens is 378 g/mol. The molecule has 0 spiro atoms. The Balaban J connectivity index is 1.69. The van der Waals surface area contributed by atoms with Crippen LogP contribution in [0, 0.1) is 5.41 Å². The molecule has 0 aromatic carbocycles. The second kappa shape index (κ2) is 8.34. The van der Waals surface area contributed by atoms with Gasteiger partial charge in [-0.1, -0.05) is 27.2 Å². The first-order valence-corrected chi connectivity index (χ1v) is 11.4. The minimum Gasteiger partial charge on any atom is -0.340 e. The summed E-state index contributed by atoms with van der Waals surface area (Å²) in [5.41, 5.74) is 3.39. The number of carbonyl (C=O) groups excluding carboxylic acids is 1. The average molecular weight is 410 g/mol. The van der Waals surface area contributed by atoms with Gasteiger partial charge in [0, 0.05) is 57.1 Å². The fourth-order valence-electron chi connectivity index (χ4n) is 3.59. The molecule has 0 unspecified atom stereocenters. The molecule has 2 aliphatic rings. The molecule has 28 heavy (non-hydrogen) atoms. The number of hydrazine groups is 1. The van der Waals surface area contributed by atoms with Gasteiger partial charge in [0.05, 0.1) is 5.69 Å². The molecule has 1 amide bonds. The first kappa shape index (κ1) is 21.0. The number of carbonyl (C=O) groups is 1. The summed E-state index contributed by atoms with van der Waals surface area (Å²) >= 11 is 0. The molecule has 2 aliphatic heterocycles. The summed E-state index contributed by atoms with van der Waals surface area (Å²) in [6.45, 7) is 9.39. The monoisotopic (exact) mass is 409 g/mol. The Morgan fingerprint density at radius 2 is 1.68 bits per heavy atom. The summed E-state index contributed by atoms with van der Waals surface area (Å²) in [5, 5.41) is 1.97. The van der Waals surface area contributed by atoms with Gasteiger partial charge in [0.25, 0.3) is 0 Å². The number of anilines is 1. The third-order valence-electron chi connectivity index (χ3n) is 5.20. The van der Waals surface area contributed by atoms with Crippen molar-refractivity contribution in [3.63, 3.8) is 0 Å². The van der Waals surface area contributed by atoms with E-state index < -0.39 is 15.4 Å². The summed E-state index contributed by atoms with van der Waals surface area (Å²) in [4.78, 5) is 18.6. The van der Waals surface area contributed by atoms with Crippen LogP contribution in [-0.4, -0.2) is 72.8 Å². The van der Waals surface area contributed by atoms with E-state index in [1.807, 2.05) is 30.7 Å². The van der Waals surface area contributed by atoms with Crippen LogP contribution in [0.3, 0.4) is 0 Å². The predicted octanol–water partition coefficient (Wildman–Crippen LogP) is 1.77. The maximum atomic E-state index is 13.1. The van der Waals surface area contributed by atoms with Gasteiger partial charge in [0.15, 0.2) is 0 Å². The number of sulfonamides is 1. The number of aromatic nitrogens is 1. The van der Waals surface area contributed by atoms with Gasteiger partial charge in [0.2, 0.25) is 15.9 Å². The number of nitrogens with one attached hydrogen (secondary N) is 1. The Morgan fingerprint density at radius 3 is 2.29 bits per heavy atom. The van der Waals surface area contributed by atoms with Crippen LogP contribution in [0.1, 0.15) is 40.0 Å². The van der Waals surface area contributed by atoms with Crippen molar-refractivity contribution >= 4 is 21.6 Å². The van der Waals surface area contributed by atoms with E-state index >= 15 is 0 Å². The van der Waals surface area contributed by atoms with Gasteiger partial charge < -0.3 is 10.3 Å².